The Hall–Kier alpha value is -1.79. The number of urea groups is 1. The number of hydrogen-bond acceptors (Lipinski definition) is 4. The monoisotopic (exact) mass is 325 g/mol. The van der Waals surface area contributed by atoms with Crippen LogP contribution in [0.25, 0.3) is 0 Å². The van der Waals surface area contributed by atoms with E-state index in [2.05, 4.69) is 15.4 Å². The Morgan fingerprint density at radius 1 is 0.957 bits per heavy atom. The predicted octanol–water partition coefficient (Wildman–Crippen LogP) is 1.17. The van der Waals surface area contributed by atoms with E-state index in [0.29, 0.717) is 19.1 Å². The van der Waals surface area contributed by atoms with Crippen LogP contribution in [0.3, 0.4) is 0 Å². The van der Waals surface area contributed by atoms with Crippen LogP contribution in [0.4, 0.5) is 4.79 Å². The Morgan fingerprint density at radius 3 is 2.17 bits per heavy atom. The molecule has 0 aromatic rings. The van der Waals surface area contributed by atoms with Crippen molar-refractivity contribution < 1.29 is 19.1 Å². The Balaban J connectivity index is 1.64. The molecule has 0 radical (unpaired) electrons. The SMILES string of the molecule is COC(=O)CCC(=O)NC1CCN(C(=O)NC2CCCC2)CC1. The van der Waals surface area contributed by atoms with Gasteiger partial charge in [0.2, 0.25) is 5.91 Å². The van der Waals surface area contributed by atoms with Crippen LogP contribution in [0.15, 0.2) is 0 Å². The Labute approximate surface area is 137 Å². The van der Waals surface area contributed by atoms with E-state index >= 15 is 0 Å². The summed E-state index contributed by atoms with van der Waals surface area (Å²) in [6.45, 7) is 1.31. The van der Waals surface area contributed by atoms with E-state index in [9.17, 15) is 14.4 Å². The molecule has 0 unspecified atom stereocenters. The van der Waals surface area contributed by atoms with Crippen LogP contribution in [-0.2, 0) is 14.3 Å². The summed E-state index contributed by atoms with van der Waals surface area (Å²) in [4.78, 5) is 36.8. The van der Waals surface area contributed by atoms with Crippen LogP contribution < -0.4 is 10.6 Å². The Kier molecular flexibility index (Phi) is 6.67. The van der Waals surface area contributed by atoms with Crippen molar-refractivity contribution in [3.63, 3.8) is 0 Å². The van der Waals surface area contributed by atoms with Crippen LogP contribution in [0, 0.1) is 0 Å². The minimum Gasteiger partial charge on any atom is -0.469 e. The summed E-state index contributed by atoms with van der Waals surface area (Å²) in [5.74, 6) is -0.511. The highest BCUT2D eigenvalue weighted by molar-refractivity contribution is 5.81. The molecular weight excluding hydrogens is 298 g/mol. The van der Waals surface area contributed by atoms with Gasteiger partial charge in [0.05, 0.1) is 13.5 Å². The van der Waals surface area contributed by atoms with Crippen LogP contribution in [-0.4, -0.2) is 55.1 Å². The normalized spacial score (nSPS) is 19.4. The molecule has 130 valence electrons. The van der Waals surface area contributed by atoms with E-state index < -0.39 is 0 Å². The van der Waals surface area contributed by atoms with Gasteiger partial charge in [-0.2, -0.15) is 0 Å². The maximum absolute atomic E-state index is 12.2. The van der Waals surface area contributed by atoms with E-state index in [0.717, 1.165) is 25.7 Å². The summed E-state index contributed by atoms with van der Waals surface area (Å²) in [5.41, 5.74) is 0. The zero-order chi connectivity index (χ0) is 16.7. The molecule has 7 nitrogen and oxygen atoms in total. The number of hydrogen-bond donors (Lipinski definition) is 2. The largest absolute Gasteiger partial charge is 0.469 e. The van der Waals surface area contributed by atoms with E-state index in [1.165, 1.54) is 20.0 Å². The molecule has 1 saturated heterocycles. The molecule has 0 aromatic heterocycles. The second-order valence-corrected chi connectivity index (χ2v) is 6.34. The van der Waals surface area contributed by atoms with Gasteiger partial charge in [0.1, 0.15) is 0 Å². The number of carbonyl (C=O) groups excluding carboxylic acids is 3. The summed E-state index contributed by atoms with van der Waals surface area (Å²) < 4.78 is 4.52. The molecule has 2 rings (SSSR count). The lowest BCUT2D eigenvalue weighted by molar-refractivity contribution is -0.142. The lowest BCUT2D eigenvalue weighted by Crippen LogP contribution is -2.51. The number of carbonyl (C=O) groups is 3. The van der Waals surface area contributed by atoms with E-state index in [1.54, 1.807) is 0 Å². The van der Waals surface area contributed by atoms with Gasteiger partial charge in [-0.15, -0.1) is 0 Å². The first-order valence-electron chi connectivity index (χ1n) is 8.50. The second kappa shape index (κ2) is 8.74. The van der Waals surface area contributed by atoms with Gasteiger partial charge in [-0.25, -0.2) is 4.79 Å². The van der Waals surface area contributed by atoms with Gasteiger partial charge in [-0.3, -0.25) is 9.59 Å². The molecule has 2 aliphatic rings. The first kappa shape index (κ1) is 17.6. The third-order valence-corrected chi connectivity index (χ3v) is 4.61. The number of rotatable bonds is 5. The van der Waals surface area contributed by atoms with Crippen LogP contribution in [0.5, 0.6) is 0 Å². The van der Waals surface area contributed by atoms with Crippen molar-refractivity contribution in [1.29, 1.82) is 0 Å². The van der Waals surface area contributed by atoms with Gasteiger partial charge >= 0.3 is 12.0 Å². The van der Waals surface area contributed by atoms with E-state index in [-0.39, 0.29) is 36.8 Å². The lowest BCUT2D eigenvalue weighted by atomic mass is 10.0. The number of nitrogens with zero attached hydrogens (tertiary/aromatic N) is 1. The third-order valence-electron chi connectivity index (χ3n) is 4.61. The topological polar surface area (TPSA) is 87.7 Å². The summed E-state index contributed by atoms with van der Waals surface area (Å²) in [6, 6.07) is 0.432. The van der Waals surface area contributed by atoms with Crippen molar-refractivity contribution in [2.45, 2.75) is 63.5 Å². The van der Waals surface area contributed by atoms with Crippen molar-refractivity contribution in [3.8, 4) is 0 Å². The van der Waals surface area contributed by atoms with Crippen LogP contribution >= 0.6 is 0 Å². The standard InChI is InChI=1S/C16H27N3O4/c1-23-15(21)7-6-14(20)17-13-8-10-19(11-9-13)16(22)18-12-4-2-3-5-12/h12-13H,2-11H2,1H3,(H,17,20)(H,18,22). The first-order valence-corrected chi connectivity index (χ1v) is 8.50. The highest BCUT2D eigenvalue weighted by atomic mass is 16.5. The van der Waals surface area contributed by atoms with Gasteiger partial charge in [-0.1, -0.05) is 12.8 Å². The average molecular weight is 325 g/mol. The quantitative estimate of drug-likeness (QED) is 0.743. The van der Waals surface area contributed by atoms with Gasteiger partial charge in [0.25, 0.3) is 0 Å². The molecule has 7 heteroatoms. The van der Waals surface area contributed by atoms with E-state index in [1.807, 2.05) is 4.90 Å². The molecule has 0 bridgehead atoms. The molecule has 23 heavy (non-hydrogen) atoms. The molecule has 2 fully saturated rings. The van der Waals surface area contributed by atoms with Crippen LogP contribution in [0.1, 0.15) is 51.4 Å². The predicted molar refractivity (Wildman–Crippen MR) is 84.8 cm³/mol. The number of likely N-dealkylation sites (tertiary alicyclic amines) is 1. The molecule has 1 aliphatic heterocycles. The summed E-state index contributed by atoms with van der Waals surface area (Å²) >= 11 is 0. The molecular formula is C16H27N3O4. The number of esters is 1. The van der Waals surface area contributed by atoms with Gasteiger partial charge in [0, 0.05) is 31.6 Å². The number of piperidine rings is 1. The van der Waals surface area contributed by atoms with Gasteiger partial charge < -0.3 is 20.3 Å². The van der Waals surface area contributed by atoms with Gasteiger partial charge in [0.15, 0.2) is 0 Å². The number of amides is 3. The molecule has 0 spiro atoms. The smallest absolute Gasteiger partial charge is 0.317 e. The molecule has 1 heterocycles. The zero-order valence-electron chi connectivity index (χ0n) is 13.8. The van der Waals surface area contributed by atoms with Crippen molar-refractivity contribution in [3.05, 3.63) is 0 Å². The Morgan fingerprint density at radius 2 is 1.57 bits per heavy atom. The fraction of sp³-hybridized carbons (Fsp3) is 0.812. The third kappa shape index (κ3) is 5.73. The fourth-order valence-electron chi connectivity index (χ4n) is 3.18. The van der Waals surface area contributed by atoms with Crippen molar-refractivity contribution >= 4 is 17.9 Å². The van der Waals surface area contributed by atoms with Crippen LogP contribution in [0.2, 0.25) is 0 Å². The second-order valence-electron chi connectivity index (χ2n) is 6.34. The van der Waals surface area contributed by atoms with Crippen molar-refractivity contribution in [2.75, 3.05) is 20.2 Å². The lowest BCUT2D eigenvalue weighted by Gasteiger charge is -2.33. The maximum Gasteiger partial charge on any atom is 0.317 e. The highest BCUT2D eigenvalue weighted by Crippen LogP contribution is 2.18. The number of methoxy groups -OCH3 is 1. The summed E-state index contributed by atoms with van der Waals surface area (Å²) in [6.07, 6.45) is 6.32. The zero-order valence-corrected chi connectivity index (χ0v) is 13.8. The number of ether oxygens (including phenoxy) is 1. The first-order chi connectivity index (χ1) is 11.1. The van der Waals surface area contributed by atoms with E-state index in [4.69, 9.17) is 0 Å². The highest BCUT2D eigenvalue weighted by Gasteiger charge is 2.26. The molecule has 0 atom stereocenters. The molecule has 1 aliphatic carbocycles. The fourth-order valence-corrected chi connectivity index (χ4v) is 3.18. The molecule has 3 amide bonds. The van der Waals surface area contributed by atoms with Gasteiger partial charge in [-0.05, 0) is 25.7 Å². The van der Waals surface area contributed by atoms with Crippen molar-refractivity contribution in [1.82, 2.24) is 15.5 Å². The molecule has 2 N–H and O–H groups in total. The molecule has 0 aromatic carbocycles. The molecule has 1 saturated carbocycles. The average Bonchev–Trinajstić information content (AvgIpc) is 3.06. The van der Waals surface area contributed by atoms with Crippen molar-refractivity contribution in [2.24, 2.45) is 0 Å². The summed E-state index contributed by atoms with van der Waals surface area (Å²) in [5, 5.41) is 6.02. The number of nitrogens with one attached hydrogen (secondary N) is 2. The minimum absolute atomic E-state index is 0.0207. The maximum atomic E-state index is 12.2. The Bertz CT molecular complexity index is 427. The minimum atomic E-state index is -0.376. The summed E-state index contributed by atoms with van der Waals surface area (Å²) in [7, 11) is 1.31.